The quantitative estimate of drug-likeness (QED) is 0.867. The summed E-state index contributed by atoms with van der Waals surface area (Å²) >= 11 is 0. The van der Waals surface area contributed by atoms with E-state index in [1.807, 2.05) is 6.92 Å². The summed E-state index contributed by atoms with van der Waals surface area (Å²) in [6.07, 6.45) is -4.73. The van der Waals surface area contributed by atoms with Crippen LogP contribution in [0.4, 0.5) is 13.2 Å². The third-order valence-corrected chi connectivity index (χ3v) is 3.38. The fraction of sp³-hybridized carbons (Fsp3) is 0.538. The Morgan fingerprint density at radius 3 is 2.36 bits per heavy atom. The van der Waals surface area contributed by atoms with E-state index in [9.17, 15) is 18.3 Å². The number of piperazine rings is 1. The first kappa shape index (κ1) is 21.1. The fourth-order valence-electron chi connectivity index (χ4n) is 2.33. The second kappa shape index (κ2) is 8.67. The van der Waals surface area contributed by atoms with Crippen molar-refractivity contribution in [3.63, 3.8) is 0 Å². The fourth-order valence-corrected chi connectivity index (χ4v) is 2.33. The Morgan fingerprint density at radius 1 is 1.23 bits per heavy atom. The highest BCUT2D eigenvalue weighted by Crippen LogP contribution is 2.33. The van der Waals surface area contributed by atoms with Gasteiger partial charge >= 0.3 is 6.36 Å². The molecule has 1 aliphatic heterocycles. The van der Waals surface area contributed by atoms with Crippen LogP contribution in [0, 0.1) is 0 Å². The van der Waals surface area contributed by atoms with Gasteiger partial charge in [0, 0.05) is 37.8 Å². The first-order valence-corrected chi connectivity index (χ1v) is 6.40. The smallest absolute Gasteiger partial charge is 0.508 e. The van der Waals surface area contributed by atoms with Crippen LogP contribution in [0.15, 0.2) is 18.2 Å². The molecule has 0 aliphatic carbocycles. The van der Waals surface area contributed by atoms with Gasteiger partial charge < -0.3 is 15.2 Å². The number of phenolic OH excluding ortho intramolecular Hbond substituents is 1. The first-order chi connectivity index (χ1) is 9.37. The molecule has 9 heteroatoms. The number of phenols is 1. The average molecular weight is 363 g/mol. The van der Waals surface area contributed by atoms with Crippen molar-refractivity contribution in [3.05, 3.63) is 23.8 Å². The van der Waals surface area contributed by atoms with Gasteiger partial charge in [-0.25, -0.2) is 0 Å². The molecule has 0 amide bonds. The Morgan fingerprint density at radius 2 is 1.82 bits per heavy atom. The maximum absolute atomic E-state index is 12.2. The molecule has 2 rings (SSSR count). The van der Waals surface area contributed by atoms with E-state index in [1.165, 1.54) is 12.1 Å². The van der Waals surface area contributed by atoms with Crippen LogP contribution >= 0.6 is 24.8 Å². The second-order valence-corrected chi connectivity index (χ2v) is 4.73. The van der Waals surface area contributed by atoms with Gasteiger partial charge in [0.1, 0.15) is 11.5 Å². The highest BCUT2D eigenvalue weighted by atomic mass is 35.5. The van der Waals surface area contributed by atoms with Crippen LogP contribution in [0.3, 0.4) is 0 Å². The number of rotatable bonds is 3. The van der Waals surface area contributed by atoms with E-state index < -0.39 is 6.36 Å². The normalized spacial score (nSPS) is 17.1. The number of hydrogen-bond donors (Lipinski definition) is 2. The average Bonchev–Trinajstić information content (AvgIpc) is 2.40. The minimum absolute atomic E-state index is 0. The summed E-state index contributed by atoms with van der Waals surface area (Å²) in [5, 5.41) is 13.1. The Kier molecular flexibility index (Phi) is 8.32. The third-order valence-electron chi connectivity index (χ3n) is 3.38. The number of benzene rings is 1. The zero-order valence-electron chi connectivity index (χ0n) is 11.9. The monoisotopic (exact) mass is 362 g/mol. The van der Waals surface area contributed by atoms with E-state index in [4.69, 9.17) is 0 Å². The number of ether oxygens (including phenoxy) is 1. The summed E-state index contributed by atoms with van der Waals surface area (Å²) in [5.74, 6) is -0.335. The molecular weight excluding hydrogens is 344 g/mol. The molecule has 1 heterocycles. The standard InChI is InChI=1S/C13H17F3N2O2.2ClH/c1-9(18-6-4-17-5-7-18)11-8-10(2-3-12(11)19)20-13(14,15)16;;/h2-3,8-9,17,19H,4-7H2,1H3;2*1H/t9-;;/m1../s1. The van der Waals surface area contributed by atoms with E-state index >= 15 is 0 Å². The van der Waals surface area contributed by atoms with Crippen LogP contribution in [-0.2, 0) is 0 Å². The Bertz CT molecular complexity index is 469. The Hall–Kier alpha value is -0.890. The molecule has 1 saturated heterocycles. The predicted octanol–water partition coefficient (Wildman–Crippen LogP) is 3.10. The van der Waals surface area contributed by atoms with E-state index in [-0.39, 0.29) is 42.4 Å². The van der Waals surface area contributed by atoms with Gasteiger partial charge in [0.05, 0.1) is 0 Å². The van der Waals surface area contributed by atoms with Gasteiger partial charge in [0.15, 0.2) is 0 Å². The van der Waals surface area contributed by atoms with E-state index in [0.29, 0.717) is 5.56 Å². The number of nitrogens with one attached hydrogen (secondary N) is 1. The predicted molar refractivity (Wildman–Crippen MR) is 82.1 cm³/mol. The Labute approximate surface area is 139 Å². The minimum atomic E-state index is -4.73. The number of alkyl halides is 3. The molecule has 1 aliphatic rings. The van der Waals surface area contributed by atoms with E-state index in [1.54, 1.807) is 0 Å². The van der Waals surface area contributed by atoms with Crippen molar-refractivity contribution in [1.29, 1.82) is 0 Å². The van der Waals surface area contributed by atoms with Gasteiger partial charge in [-0.1, -0.05) is 0 Å². The molecule has 0 aromatic heterocycles. The van der Waals surface area contributed by atoms with Gasteiger partial charge in [-0.15, -0.1) is 38.0 Å². The molecule has 2 N–H and O–H groups in total. The van der Waals surface area contributed by atoms with E-state index in [2.05, 4.69) is 15.0 Å². The maximum Gasteiger partial charge on any atom is 0.573 e. The third kappa shape index (κ3) is 5.72. The molecule has 22 heavy (non-hydrogen) atoms. The summed E-state index contributed by atoms with van der Waals surface area (Å²) in [5.41, 5.74) is 0.439. The van der Waals surface area contributed by atoms with E-state index in [0.717, 1.165) is 32.2 Å². The van der Waals surface area contributed by atoms with Crippen molar-refractivity contribution in [2.24, 2.45) is 0 Å². The van der Waals surface area contributed by atoms with Crippen molar-refractivity contribution >= 4 is 24.8 Å². The molecule has 0 bridgehead atoms. The van der Waals surface area contributed by atoms with Gasteiger partial charge in [0.25, 0.3) is 0 Å². The summed E-state index contributed by atoms with van der Waals surface area (Å²) in [4.78, 5) is 2.10. The molecule has 1 aromatic carbocycles. The molecule has 1 atom stereocenters. The van der Waals surface area contributed by atoms with Crippen molar-refractivity contribution in [1.82, 2.24) is 10.2 Å². The van der Waals surface area contributed by atoms with Crippen LogP contribution < -0.4 is 10.1 Å². The van der Waals surface area contributed by atoms with Gasteiger partial charge in [-0.2, -0.15) is 0 Å². The maximum atomic E-state index is 12.2. The summed E-state index contributed by atoms with van der Waals surface area (Å²) in [7, 11) is 0. The topological polar surface area (TPSA) is 44.7 Å². The first-order valence-electron chi connectivity index (χ1n) is 6.40. The molecule has 0 radical (unpaired) electrons. The Balaban J connectivity index is 0.00000220. The van der Waals surface area contributed by atoms with Crippen LogP contribution in [0.2, 0.25) is 0 Å². The number of aromatic hydroxyl groups is 1. The lowest BCUT2D eigenvalue weighted by Crippen LogP contribution is -2.44. The molecule has 4 nitrogen and oxygen atoms in total. The summed E-state index contributed by atoms with van der Waals surface area (Å²) in [6.45, 7) is 5.07. The molecule has 128 valence electrons. The summed E-state index contributed by atoms with van der Waals surface area (Å²) < 4.78 is 40.6. The number of hydrogen-bond acceptors (Lipinski definition) is 4. The van der Waals surface area contributed by atoms with Crippen LogP contribution in [0.25, 0.3) is 0 Å². The zero-order valence-corrected chi connectivity index (χ0v) is 13.5. The molecular formula is C13H19Cl2F3N2O2. The molecule has 0 spiro atoms. The molecule has 0 unspecified atom stereocenters. The van der Waals surface area contributed by atoms with Crippen molar-refractivity contribution in [2.45, 2.75) is 19.3 Å². The zero-order chi connectivity index (χ0) is 14.8. The lowest BCUT2D eigenvalue weighted by Gasteiger charge is -2.33. The van der Waals surface area contributed by atoms with Crippen molar-refractivity contribution in [3.8, 4) is 11.5 Å². The highest BCUT2D eigenvalue weighted by molar-refractivity contribution is 5.85. The summed E-state index contributed by atoms with van der Waals surface area (Å²) in [6, 6.07) is 3.41. The van der Waals surface area contributed by atoms with Crippen LogP contribution in [0.1, 0.15) is 18.5 Å². The van der Waals surface area contributed by atoms with Gasteiger partial charge in [0.2, 0.25) is 0 Å². The lowest BCUT2D eigenvalue weighted by atomic mass is 10.0. The van der Waals surface area contributed by atoms with Crippen LogP contribution in [-0.4, -0.2) is 42.5 Å². The van der Waals surface area contributed by atoms with Crippen LogP contribution in [0.5, 0.6) is 11.5 Å². The molecule has 0 saturated carbocycles. The molecule has 1 aromatic rings. The molecule has 1 fully saturated rings. The largest absolute Gasteiger partial charge is 0.573 e. The minimum Gasteiger partial charge on any atom is -0.508 e. The SMILES string of the molecule is C[C@H](c1cc(OC(F)(F)F)ccc1O)N1CCNCC1.Cl.Cl. The van der Waals surface area contributed by atoms with Gasteiger partial charge in [-0.3, -0.25) is 4.90 Å². The lowest BCUT2D eigenvalue weighted by molar-refractivity contribution is -0.274. The number of halogens is 5. The second-order valence-electron chi connectivity index (χ2n) is 4.73. The van der Waals surface area contributed by atoms with Crippen molar-refractivity contribution in [2.75, 3.05) is 26.2 Å². The highest BCUT2D eigenvalue weighted by Gasteiger charge is 2.31. The van der Waals surface area contributed by atoms with Gasteiger partial charge in [-0.05, 0) is 25.1 Å². The van der Waals surface area contributed by atoms with Crippen molar-refractivity contribution < 1.29 is 23.0 Å². The number of nitrogens with zero attached hydrogens (tertiary/aromatic N) is 1.